The Bertz CT molecular complexity index is 683. The first-order valence-corrected chi connectivity index (χ1v) is 8.72. The monoisotopic (exact) mass is 430 g/mol. The summed E-state index contributed by atoms with van der Waals surface area (Å²) in [6, 6.07) is 7.78. The van der Waals surface area contributed by atoms with Crippen LogP contribution >= 0.6 is 43.2 Å². The van der Waals surface area contributed by atoms with Gasteiger partial charge in [0.2, 0.25) is 0 Å². The molecule has 21 heavy (non-hydrogen) atoms. The number of fused-ring (bicyclic) bond motifs is 1. The number of thiophene rings is 1. The van der Waals surface area contributed by atoms with E-state index in [4.69, 9.17) is 4.74 Å². The van der Waals surface area contributed by atoms with Gasteiger partial charge in [-0.1, -0.05) is 0 Å². The molecule has 110 valence electrons. The predicted octanol–water partition coefficient (Wildman–Crippen LogP) is 4.60. The average Bonchev–Trinajstić information content (AvgIpc) is 2.77. The number of anilines is 2. The first kappa shape index (κ1) is 14.9. The summed E-state index contributed by atoms with van der Waals surface area (Å²) in [5.41, 5.74) is 1.64. The van der Waals surface area contributed by atoms with Crippen LogP contribution in [-0.2, 0) is 11.3 Å². The maximum Gasteiger partial charge on any atom is 0.265 e. The third-order valence-electron chi connectivity index (χ3n) is 3.07. The summed E-state index contributed by atoms with van der Waals surface area (Å²) in [7, 11) is 0. The van der Waals surface area contributed by atoms with E-state index in [1.807, 2.05) is 18.2 Å². The standard InChI is InChI=1S/C14H12Br2N2O2S/c1-7-14(19)18-11-4-8(2-3-12(11)20-7)17-6-9-5-10(15)13(16)21-9/h2-5,7,17H,6H2,1H3,(H,18,19). The lowest BCUT2D eigenvalue weighted by Gasteiger charge is -2.23. The summed E-state index contributed by atoms with van der Waals surface area (Å²) >= 11 is 8.64. The molecule has 0 radical (unpaired) electrons. The number of hydrogen-bond donors (Lipinski definition) is 2. The zero-order valence-electron chi connectivity index (χ0n) is 11.1. The van der Waals surface area contributed by atoms with Gasteiger partial charge in [0.15, 0.2) is 6.10 Å². The molecule has 1 unspecified atom stereocenters. The molecule has 0 saturated carbocycles. The molecule has 0 fully saturated rings. The van der Waals surface area contributed by atoms with Crippen LogP contribution in [0.3, 0.4) is 0 Å². The number of amides is 1. The van der Waals surface area contributed by atoms with Crippen molar-refractivity contribution in [3.05, 3.63) is 37.4 Å². The van der Waals surface area contributed by atoms with E-state index in [9.17, 15) is 4.79 Å². The van der Waals surface area contributed by atoms with Crippen LogP contribution in [-0.4, -0.2) is 12.0 Å². The zero-order chi connectivity index (χ0) is 15.0. The van der Waals surface area contributed by atoms with Gasteiger partial charge in [-0.2, -0.15) is 0 Å². The molecule has 1 aliphatic heterocycles. The molecule has 7 heteroatoms. The summed E-state index contributed by atoms with van der Waals surface area (Å²) in [6.07, 6.45) is -0.447. The number of carbonyl (C=O) groups is 1. The second-order valence-electron chi connectivity index (χ2n) is 4.65. The van der Waals surface area contributed by atoms with Gasteiger partial charge in [-0.25, -0.2) is 0 Å². The minimum atomic E-state index is -0.447. The third-order valence-corrected chi connectivity index (χ3v) is 6.33. The van der Waals surface area contributed by atoms with Crippen molar-refractivity contribution in [2.45, 2.75) is 19.6 Å². The molecule has 3 rings (SSSR count). The Balaban J connectivity index is 1.72. The molecule has 0 spiro atoms. The molecular weight excluding hydrogens is 420 g/mol. The van der Waals surface area contributed by atoms with Crippen molar-refractivity contribution < 1.29 is 9.53 Å². The minimum absolute atomic E-state index is 0.120. The molecule has 2 N–H and O–H groups in total. The molecule has 0 aliphatic carbocycles. The third kappa shape index (κ3) is 3.25. The quantitative estimate of drug-likeness (QED) is 0.746. The van der Waals surface area contributed by atoms with Crippen LogP contribution in [0.15, 0.2) is 32.5 Å². The molecule has 1 aromatic carbocycles. The lowest BCUT2D eigenvalue weighted by Crippen LogP contribution is -2.34. The van der Waals surface area contributed by atoms with Crippen LogP contribution in [0.25, 0.3) is 0 Å². The fourth-order valence-corrected chi connectivity index (χ4v) is 4.10. The molecule has 0 saturated heterocycles. The predicted molar refractivity (Wildman–Crippen MR) is 92.2 cm³/mol. The Morgan fingerprint density at radius 3 is 2.90 bits per heavy atom. The van der Waals surface area contributed by atoms with Crippen LogP contribution in [0, 0.1) is 0 Å². The number of rotatable bonds is 3. The Labute approximate surface area is 143 Å². The summed E-state index contributed by atoms with van der Waals surface area (Å²) in [4.78, 5) is 12.8. The Kier molecular flexibility index (Phi) is 4.24. The topological polar surface area (TPSA) is 50.4 Å². The smallest absolute Gasteiger partial charge is 0.265 e. The van der Waals surface area contributed by atoms with Gasteiger partial charge in [-0.3, -0.25) is 4.79 Å². The minimum Gasteiger partial charge on any atom is -0.479 e. The van der Waals surface area contributed by atoms with Crippen LogP contribution in [0.5, 0.6) is 5.75 Å². The van der Waals surface area contributed by atoms with Crippen molar-refractivity contribution in [3.63, 3.8) is 0 Å². The van der Waals surface area contributed by atoms with Gasteiger partial charge in [-0.15, -0.1) is 11.3 Å². The van der Waals surface area contributed by atoms with E-state index < -0.39 is 6.10 Å². The van der Waals surface area contributed by atoms with Crippen molar-refractivity contribution >= 4 is 60.5 Å². The largest absolute Gasteiger partial charge is 0.479 e. The molecule has 2 aromatic rings. The fraction of sp³-hybridized carbons (Fsp3) is 0.214. The lowest BCUT2D eigenvalue weighted by molar-refractivity contribution is -0.122. The van der Waals surface area contributed by atoms with E-state index in [2.05, 4.69) is 48.6 Å². The second kappa shape index (κ2) is 5.98. The molecule has 1 atom stereocenters. The van der Waals surface area contributed by atoms with Crippen molar-refractivity contribution in [1.82, 2.24) is 0 Å². The van der Waals surface area contributed by atoms with Gasteiger partial charge in [0.05, 0.1) is 9.47 Å². The van der Waals surface area contributed by atoms with E-state index in [0.717, 1.165) is 20.5 Å². The highest BCUT2D eigenvalue weighted by molar-refractivity contribution is 9.13. The SMILES string of the molecule is CC1Oc2ccc(NCc3cc(Br)c(Br)s3)cc2NC1=O. The summed E-state index contributed by atoms with van der Waals surface area (Å²) in [5.74, 6) is 0.583. The number of carbonyl (C=O) groups excluding carboxylic acids is 1. The van der Waals surface area contributed by atoms with Crippen molar-refractivity contribution in [2.75, 3.05) is 10.6 Å². The number of hydrogen-bond acceptors (Lipinski definition) is 4. The van der Waals surface area contributed by atoms with E-state index in [-0.39, 0.29) is 5.91 Å². The Morgan fingerprint density at radius 2 is 2.19 bits per heavy atom. The first-order chi connectivity index (χ1) is 10.0. The number of benzene rings is 1. The molecule has 1 aliphatic rings. The molecule has 1 aromatic heterocycles. The second-order valence-corrected chi connectivity index (χ2v) is 7.96. The average molecular weight is 432 g/mol. The summed E-state index contributed by atoms with van der Waals surface area (Å²) in [6.45, 7) is 2.45. The first-order valence-electron chi connectivity index (χ1n) is 6.32. The van der Waals surface area contributed by atoms with Gasteiger partial charge < -0.3 is 15.4 Å². The maximum atomic E-state index is 11.6. The van der Waals surface area contributed by atoms with E-state index >= 15 is 0 Å². The van der Waals surface area contributed by atoms with E-state index in [0.29, 0.717) is 11.4 Å². The van der Waals surface area contributed by atoms with Crippen LogP contribution in [0.4, 0.5) is 11.4 Å². The van der Waals surface area contributed by atoms with Crippen LogP contribution in [0.2, 0.25) is 0 Å². The molecule has 0 bridgehead atoms. The highest BCUT2D eigenvalue weighted by Crippen LogP contribution is 2.34. The van der Waals surface area contributed by atoms with Crippen molar-refractivity contribution in [2.24, 2.45) is 0 Å². The lowest BCUT2D eigenvalue weighted by atomic mass is 10.2. The number of halogens is 2. The Hall–Kier alpha value is -1.05. The molecule has 2 heterocycles. The van der Waals surface area contributed by atoms with Gasteiger partial charge in [0.1, 0.15) is 5.75 Å². The Morgan fingerprint density at radius 1 is 1.38 bits per heavy atom. The molecule has 1 amide bonds. The van der Waals surface area contributed by atoms with Gasteiger partial charge in [0, 0.05) is 21.6 Å². The van der Waals surface area contributed by atoms with Gasteiger partial charge >= 0.3 is 0 Å². The van der Waals surface area contributed by atoms with Crippen molar-refractivity contribution in [3.8, 4) is 5.75 Å². The number of ether oxygens (including phenoxy) is 1. The van der Waals surface area contributed by atoms with Crippen LogP contribution in [0.1, 0.15) is 11.8 Å². The van der Waals surface area contributed by atoms with E-state index in [1.54, 1.807) is 18.3 Å². The zero-order valence-corrected chi connectivity index (χ0v) is 15.1. The van der Waals surface area contributed by atoms with Crippen molar-refractivity contribution in [1.29, 1.82) is 0 Å². The number of nitrogens with one attached hydrogen (secondary N) is 2. The maximum absolute atomic E-state index is 11.6. The molecule has 4 nitrogen and oxygen atoms in total. The fourth-order valence-electron chi connectivity index (χ4n) is 1.99. The van der Waals surface area contributed by atoms with Gasteiger partial charge in [-0.05, 0) is 63.0 Å². The van der Waals surface area contributed by atoms with Crippen LogP contribution < -0.4 is 15.4 Å². The van der Waals surface area contributed by atoms with Gasteiger partial charge in [0.25, 0.3) is 5.91 Å². The summed E-state index contributed by atoms with van der Waals surface area (Å²) < 4.78 is 7.67. The normalized spacial score (nSPS) is 16.9. The molecular formula is C14H12Br2N2O2S. The highest BCUT2D eigenvalue weighted by atomic mass is 79.9. The highest BCUT2D eigenvalue weighted by Gasteiger charge is 2.23. The summed E-state index contributed by atoms with van der Waals surface area (Å²) in [5, 5.41) is 6.18. The van der Waals surface area contributed by atoms with E-state index in [1.165, 1.54) is 4.88 Å².